The second-order valence-electron chi connectivity index (χ2n) is 5.39. The van der Waals surface area contributed by atoms with E-state index in [4.69, 9.17) is 11.6 Å². The van der Waals surface area contributed by atoms with Gasteiger partial charge in [-0.15, -0.1) is 0 Å². The molecular weight excluding hydrogens is 244 g/mol. The van der Waals surface area contributed by atoms with Crippen molar-refractivity contribution in [3.8, 4) is 0 Å². The summed E-state index contributed by atoms with van der Waals surface area (Å²) in [7, 11) is 0. The van der Waals surface area contributed by atoms with Crippen molar-refractivity contribution in [2.24, 2.45) is 5.92 Å². The first kappa shape index (κ1) is 10.7. The highest BCUT2D eigenvalue weighted by atomic mass is 35.5. The summed E-state index contributed by atoms with van der Waals surface area (Å²) in [6.07, 6.45) is 4.57. The van der Waals surface area contributed by atoms with Crippen LogP contribution in [0.3, 0.4) is 0 Å². The summed E-state index contributed by atoms with van der Waals surface area (Å²) in [5.41, 5.74) is 4.08. The fourth-order valence-electron chi connectivity index (χ4n) is 3.23. The second-order valence-corrected chi connectivity index (χ2v) is 5.79. The van der Waals surface area contributed by atoms with Gasteiger partial charge in [-0.05, 0) is 23.6 Å². The molecule has 1 N–H and O–H groups in total. The SMILES string of the molecule is CC1C=C2c3ccc(Cl)c4ccn(c34)CC2NC1. The van der Waals surface area contributed by atoms with Crippen LogP contribution < -0.4 is 5.32 Å². The largest absolute Gasteiger partial charge is 0.345 e. The topological polar surface area (TPSA) is 17.0 Å². The Labute approximate surface area is 111 Å². The number of nitrogens with one attached hydrogen (secondary N) is 1. The summed E-state index contributed by atoms with van der Waals surface area (Å²) < 4.78 is 2.32. The van der Waals surface area contributed by atoms with E-state index in [-0.39, 0.29) is 0 Å². The van der Waals surface area contributed by atoms with Gasteiger partial charge in [0.1, 0.15) is 0 Å². The molecule has 2 unspecified atom stereocenters. The molecule has 0 amide bonds. The van der Waals surface area contributed by atoms with Crippen LogP contribution in [0.5, 0.6) is 0 Å². The molecule has 1 aromatic carbocycles. The third-order valence-corrected chi connectivity index (χ3v) is 4.42. The van der Waals surface area contributed by atoms with Crippen molar-refractivity contribution >= 4 is 28.1 Å². The Kier molecular flexibility index (Phi) is 2.14. The Bertz CT molecular complexity index is 668. The van der Waals surface area contributed by atoms with E-state index in [1.807, 2.05) is 6.07 Å². The molecule has 18 heavy (non-hydrogen) atoms. The van der Waals surface area contributed by atoms with Crippen molar-refractivity contribution in [3.63, 3.8) is 0 Å². The van der Waals surface area contributed by atoms with Crippen LogP contribution in [-0.4, -0.2) is 17.2 Å². The number of hydrogen-bond acceptors (Lipinski definition) is 1. The summed E-state index contributed by atoms with van der Waals surface area (Å²) in [5, 5.41) is 5.66. The molecule has 2 atom stereocenters. The maximum Gasteiger partial charge on any atom is 0.0572 e. The van der Waals surface area contributed by atoms with Gasteiger partial charge in [0.15, 0.2) is 0 Å². The van der Waals surface area contributed by atoms with E-state index in [1.54, 1.807) is 0 Å². The van der Waals surface area contributed by atoms with E-state index in [1.165, 1.54) is 22.0 Å². The maximum absolute atomic E-state index is 6.28. The molecule has 2 nitrogen and oxygen atoms in total. The minimum absolute atomic E-state index is 0.450. The highest BCUT2D eigenvalue weighted by Crippen LogP contribution is 2.38. The number of fused-ring (bicyclic) bond motifs is 2. The molecule has 1 aromatic heterocycles. The monoisotopic (exact) mass is 258 g/mol. The molecule has 0 radical (unpaired) electrons. The molecule has 0 aliphatic carbocycles. The molecule has 92 valence electrons. The van der Waals surface area contributed by atoms with Crippen LogP contribution in [0.1, 0.15) is 12.5 Å². The molecule has 0 spiro atoms. The first-order chi connectivity index (χ1) is 8.74. The minimum atomic E-state index is 0.450. The van der Waals surface area contributed by atoms with Crippen molar-refractivity contribution in [1.82, 2.24) is 9.88 Å². The molecule has 0 bridgehead atoms. The average molecular weight is 259 g/mol. The smallest absolute Gasteiger partial charge is 0.0572 e. The van der Waals surface area contributed by atoms with Gasteiger partial charge in [0.25, 0.3) is 0 Å². The van der Waals surface area contributed by atoms with Crippen LogP contribution in [0.2, 0.25) is 5.02 Å². The van der Waals surface area contributed by atoms with Gasteiger partial charge < -0.3 is 9.88 Å². The third-order valence-electron chi connectivity index (χ3n) is 4.09. The quantitative estimate of drug-likeness (QED) is 0.767. The van der Waals surface area contributed by atoms with Crippen molar-refractivity contribution in [1.29, 1.82) is 0 Å². The van der Waals surface area contributed by atoms with Gasteiger partial charge in [-0.1, -0.05) is 30.7 Å². The lowest BCUT2D eigenvalue weighted by atomic mass is 9.88. The first-order valence-electron chi connectivity index (χ1n) is 6.47. The van der Waals surface area contributed by atoms with Gasteiger partial charge in [-0.3, -0.25) is 0 Å². The van der Waals surface area contributed by atoms with Crippen LogP contribution in [0.25, 0.3) is 16.5 Å². The van der Waals surface area contributed by atoms with Gasteiger partial charge in [-0.2, -0.15) is 0 Å². The van der Waals surface area contributed by atoms with E-state index < -0.39 is 0 Å². The lowest BCUT2D eigenvalue weighted by molar-refractivity contribution is 0.472. The summed E-state index contributed by atoms with van der Waals surface area (Å²) in [6.45, 7) is 4.34. The fourth-order valence-corrected chi connectivity index (χ4v) is 3.45. The predicted octanol–water partition coefficient (Wildman–Crippen LogP) is 3.30. The van der Waals surface area contributed by atoms with Crippen LogP contribution >= 0.6 is 11.6 Å². The molecular formula is C15H15ClN2. The number of rotatable bonds is 0. The normalized spacial score (nSPS) is 26.0. The van der Waals surface area contributed by atoms with E-state index in [9.17, 15) is 0 Å². The molecule has 0 fully saturated rings. The number of halogens is 1. The fraction of sp³-hybridized carbons (Fsp3) is 0.333. The molecule has 0 saturated carbocycles. The van der Waals surface area contributed by atoms with Crippen LogP contribution in [0.15, 0.2) is 30.5 Å². The molecule has 2 aromatic rings. The van der Waals surface area contributed by atoms with Crippen LogP contribution in [0, 0.1) is 5.92 Å². The number of hydrogen-bond donors (Lipinski definition) is 1. The van der Waals surface area contributed by atoms with E-state index in [0.717, 1.165) is 18.1 Å². The highest BCUT2D eigenvalue weighted by Gasteiger charge is 2.28. The number of aromatic nitrogens is 1. The van der Waals surface area contributed by atoms with Gasteiger partial charge in [0, 0.05) is 35.3 Å². The van der Waals surface area contributed by atoms with E-state index in [0.29, 0.717) is 12.0 Å². The van der Waals surface area contributed by atoms with Gasteiger partial charge in [-0.25, -0.2) is 0 Å². The molecule has 3 heteroatoms. The van der Waals surface area contributed by atoms with Gasteiger partial charge in [0.2, 0.25) is 0 Å². The lowest BCUT2D eigenvalue weighted by Gasteiger charge is -2.33. The summed E-state index contributed by atoms with van der Waals surface area (Å²) in [6, 6.07) is 6.76. The zero-order valence-electron chi connectivity index (χ0n) is 10.3. The van der Waals surface area contributed by atoms with Crippen molar-refractivity contribution in [2.45, 2.75) is 19.5 Å². The Morgan fingerprint density at radius 3 is 3.11 bits per heavy atom. The zero-order valence-corrected chi connectivity index (χ0v) is 11.0. The number of benzene rings is 1. The average Bonchev–Trinajstić information content (AvgIpc) is 2.78. The molecule has 0 saturated heterocycles. The predicted molar refractivity (Wildman–Crippen MR) is 75.9 cm³/mol. The lowest BCUT2D eigenvalue weighted by Crippen LogP contribution is -2.42. The summed E-state index contributed by atoms with van der Waals surface area (Å²) >= 11 is 6.28. The Morgan fingerprint density at radius 1 is 1.33 bits per heavy atom. The van der Waals surface area contributed by atoms with Crippen LogP contribution in [0.4, 0.5) is 0 Å². The van der Waals surface area contributed by atoms with Gasteiger partial charge >= 0.3 is 0 Å². The number of nitrogens with zero attached hydrogens (tertiary/aromatic N) is 1. The Hall–Kier alpha value is -1.25. The Balaban J connectivity index is 2.05. The standard InChI is InChI=1S/C15H15ClN2/c1-9-6-12-10-2-3-13(16)11-4-5-18(15(10)11)8-14(12)17-7-9/h2-6,9,14,17H,7-8H2,1H3. The Morgan fingerprint density at radius 2 is 2.22 bits per heavy atom. The molecule has 4 rings (SSSR count). The van der Waals surface area contributed by atoms with Gasteiger partial charge in [0.05, 0.1) is 11.6 Å². The van der Waals surface area contributed by atoms with E-state index in [2.05, 4.69) is 41.2 Å². The van der Waals surface area contributed by atoms with Crippen LogP contribution in [-0.2, 0) is 6.54 Å². The highest BCUT2D eigenvalue weighted by molar-refractivity contribution is 6.35. The summed E-state index contributed by atoms with van der Waals surface area (Å²) in [4.78, 5) is 0. The molecule has 2 aliphatic rings. The minimum Gasteiger partial charge on any atom is -0.345 e. The van der Waals surface area contributed by atoms with Crippen molar-refractivity contribution < 1.29 is 0 Å². The second kappa shape index (κ2) is 3.62. The molecule has 3 heterocycles. The summed E-state index contributed by atoms with van der Waals surface area (Å²) in [5.74, 6) is 0.600. The van der Waals surface area contributed by atoms with E-state index >= 15 is 0 Å². The third kappa shape index (κ3) is 1.33. The van der Waals surface area contributed by atoms with Crippen molar-refractivity contribution in [3.05, 3.63) is 41.1 Å². The first-order valence-corrected chi connectivity index (χ1v) is 6.84. The zero-order chi connectivity index (χ0) is 12.3. The maximum atomic E-state index is 6.28. The molecule has 2 aliphatic heterocycles. The van der Waals surface area contributed by atoms with Crippen molar-refractivity contribution in [2.75, 3.05) is 6.54 Å².